The molecule has 1 saturated heterocycles. The van der Waals surface area contributed by atoms with Gasteiger partial charge in [0.05, 0.1) is 0 Å². The van der Waals surface area contributed by atoms with Crippen molar-refractivity contribution in [2.75, 3.05) is 38.1 Å². The molecule has 1 fully saturated rings. The van der Waals surface area contributed by atoms with Crippen molar-refractivity contribution in [3.8, 4) is 0 Å². The summed E-state index contributed by atoms with van der Waals surface area (Å²) < 4.78 is 14.2. The molecule has 1 aromatic heterocycles. The first-order valence-corrected chi connectivity index (χ1v) is 7.06. The van der Waals surface area contributed by atoms with E-state index in [1.807, 2.05) is 30.6 Å². The lowest BCUT2D eigenvalue weighted by Crippen LogP contribution is -2.44. The Labute approximate surface area is 119 Å². The minimum absolute atomic E-state index is 0.109. The van der Waals surface area contributed by atoms with Crippen LogP contribution in [0.25, 0.3) is 0 Å². The van der Waals surface area contributed by atoms with E-state index >= 15 is 0 Å². The minimum atomic E-state index is -0.109. The monoisotopic (exact) mass is 273 g/mol. The third-order valence-corrected chi connectivity index (χ3v) is 3.98. The predicted molar refractivity (Wildman–Crippen MR) is 79.7 cm³/mol. The number of piperazine rings is 1. The van der Waals surface area contributed by atoms with Crippen LogP contribution in [0.15, 0.2) is 36.7 Å². The van der Waals surface area contributed by atoms with Gasteiger partial charge < -0.3 is 14.8 Å². The summed E-state index contributed by atoms with van der Waals surface area (Å²) in [6.07, 6.45) is 4.45. The number of H-pyrrole nitrogens is 1. The molecule has 0 saturated carbocycles. The topological polar surface area (TPSA) is 22.3 Å². The first-order chi connectivity index (χ1) is 9.74. The maximum Gasteiger partial charge on any atom is 0.128 e. The molecule has 1 aliphatic rings. The lowest BCUT2D eigenvalue weighted by Gasteiger charge is -2.35. The standard InChI is InChI=1S/C16H20FN3/c1-19-7-9-20(10-8-19)16-4-2-3-15(17)14(16)11-13-5-6-18-12-13/h2-6,12,18H,7-11H2,1H3. The molecule has 0 aliphatic carbocycles. The summed E-state index contributed by atoms with van der Waals surface area (Å²) in [5, 5.41) is 0. The predicted octanol–water partition coefficient (Wildman–Crippen LogP) is 2.50. The maximum atomic E-state index is 14.2. The molecule has 3 nitrogen and oxygen atoms in total. The van der Waals surface area contributed by atoms with Crippen molar-refractivity contribution in [2.45, 2.75) is 6.42 Å². The highest BCUT2D eigenvalue weighted by atomic mass is 19.1. The Bertz CT molecular complexity index is 557. The smallest absolute Gasteiger partial charge is 0.128 e. The van der Waals surface area contributed by atoms with Crippen LogP contribution in [-0.4, -0.2) is 43.1 Å². The van der Waals surface area contributed by atoms with E-state index in [0.29, 0.717) is 6.42 Å². The molecule has 0 bridgehead atoms. The van der Waals surface area contributed by atoms with E-state index < -0.39 is 0 Å². The molecule has 106 valence electrons. The quantitative estimate of drug-likeness (QED) is 0.928. The van der Waals surface area contributed by atoms with Gasteiger partial charge in [-0.2, -0.15) is 0 Å². The van der Waals surface area contributed by atoms with Gasteiger partial charge in [-0.15, -0.1) is 0 Å². The average Bonchev–Trinajstić information content (AvgIpc) is 2.95. The highest BCUT2D eigenvalue weighted by Gasteiger charge is 2.19. The Balaban J connectivity index is 1.88. The number of likely N-dealkylation sites (N-methyl/N-ethyl adjacent to an activating group) is 1. The third-order valence-electron chi connectivity index (χ3n) is 3.98. The van der Waals surface area contributed by atoms with Crippen molar-refractivity contribution in [2.24, 2.45) is 0 Å². The van der Waals surface area contributed by atoms with E-state index in [0.717, 1.165) is 43.0 Å². The van der Waals surface area contributed by atoms with Crippen LogP contribution in [0.3, 0.4) is 0 Å². The molecule has 0 amide bonds. The Morgan fingerprint density at radius 2 is 1.95 bits per heavy atom. The lowest BCUT2D eigenvalue weighted by atomic mass is 10.0. The zero-order chi connectivity index (χ0) is 13.9. The fourth-order valence-corrected chi connectivity index (χ4v) is 2.74. The lowest BCUT2D eigenvalue weighted by molar-refractivity contribution is 0.312. The van der Waals surface area contributed by atoms with Crippen LogP contribution in [0.5, 0.6) is 0 Å². The molecular formula is C16H20FN3. The van der Waals surface area contributed by atoms with E-state index in [-0.39, 0.29) is 5.82 Å². The van der Waals surface area contributed by atoms with E-state index in [1.165, 1.54) is 0 Å². The number of nitrogens with one attached hydrogen (secondary N) is 1. The molecule has 0 spiro atoms. The number of hydrogen-bond donors (Lipinski definition) is 1. The first-order valence-electron chi connectivity index (χ1n) is 7.06. The molecule has 0 unspecified atom stereocenters. The molecule has 0 radical (unpaired) electrons. The van der Waals surface area contributed by atoms with Crippen LogP contribution in [0, 0.1) is 5.82 Å². The third kappa shape index (κ3) is 2.70. The van der Waals surface area contributed by atoms with Gasteiger partial charge in [0.1, 0.15) is 5.82 Å². The van der Waals surface area contributed by atoms with Crippen LogP contribution in [-0.2, 0) is 6.42 Å². The fraction of sp³-hybridized carbons (Fsp3) is 0.375. The molecule has 1 aromatic carbocycles. The number of hydrogen-bond acceptors (Lipinski definition) is 2. The zero-order valence-corrected chi connectivity index (χ0v) is 11.8. The first kappa shape index (κ1) is 13.2. The van der Waals surface area contributed by atoms with Crippen LogP contribution in [0.2, 0.25) is 0 Å². The second-order valence-electron chi connectivity index (χ2n) is 5.42. The summed E-state index contributed by atoms with van der Waals surface area (Å²) in [7, 11) is 2.13. The van der Waals surface area contributed by atoms with Gasteiger partial charge in [0.15, 0.2) is 0 Å². The summed E-state index contributed by atoms with van der Waals surface area (Å²) >= 11 is 0. The number of rotatable bonds is 3. The highest BCUT2D eigenvalue weighted by Crippen LogP contribution is 2.26. The average molecular weight is 273 g/mol. The van der Waals surface area contributed by atoms with Gasteiger partial charge in [-0.05, 0) is 30.8 Å². The van der Waals surface area contributed by atoms with Crippen molar-refractivity contribution < 1.29 is 4.39 Å². The molecule has 1 N–H and O–H groups in total. The zero-order valence-electron chi connectivity index (χ0n) is 11.8. The number of aromatic amines is 1. The van der Waals surface area contributed by atoms with Crippen LogP contribution < -0.4 is 4.90 Å². The number of benzene rings is 1. The normalized spacial score (nSPS) is 16.6. The molecule has 1 aliphatic heterocycles. The van der Waals surface area contributed by atoms with Crippen molar-refractivity contribution in [3.05, 3.63) is 53.6 Å². The minimum Gasteiger partial charge on any atom is -0.369 e. The van der Waals surface area contributed by atoms with Gasteiger partial charge in [0.25, 0.3) is 0 Å². The van der Waals surface area contributed by atoms with Gasteiger partial charge >= 0.3 is 0 Å². The highest BCUT2D eigenvalue weighted by molar-refractivity contribution is 5.56. The van der Waals surface area contributed by atoms with Crippen molar-refractivity contribution in [1.82, 2.24) is 9.88 Å². The fourth-order valence-electron chi connectivity index (χ4n) is 2.74. The SMILES string of the molecule is CN1CCN(c2cccc(F)c2Cc2cc[nH]c2)CC1. The summed E-state index contributed by atoms with van der Waals surface area (Å²) in [6.45, 7) is 3.97. The largest absolute Gasteiger partial charge is 0.369 e. The second kappa shape index (κ2) is 5.67. The van der Waals surface area contributed by atoms with Gasteiger partial charge in [-0.1, -0.05) is 6.07 Å². The van der Waals surface area contributed by atoms with Gasteiger partial charge in [0, 0.05) is 56.2 Å². The number of halogens is 1. The van der Waals surface area contributed by atoms with Crippen LogP contribution >= 0.6 is 0 Å². The summed E-state index contributed by atoms with van der Waals surface area (Å²) in [6, 6.07) is 7.40. The number of aromatic nitrogens is 1. The van der Waals surface area contributed by atoms with Crippen molar-refractivity contribution in [1.29, 1.82) is 0 Å². The van der Waals surface area contributed by atoms with E-state index in [1.54, 1.807) is 6.07 Å². The molecule has 2 heterocycles. The molecule has 0 atom stereocenters. The molecular weight excluding hydrogens is 253 g/mol. The molecule has 4 heteroatoms. The van der Waals surface area contributed by atoms with E-state index in [2.05, 4.69) is 21.8 Å². The molecule has 3 rings (SSSR count). The van der Waals surface area contributed by atoms with Gasteiger partial charge in [-0.3, -0.25) is 0 Å². The summed E-state index contributed by atoms with van der Waals surface area (Å²) in [4.78, 5) is 7.64. The van der Waals surface area contributed by atoms with E-state index in [4.69, 9.17) is 0 Å². The maximum absolute atomic E-state index is 14.2. The second-order valence-corrected chi connectivity index (χ2v) is 5.42. The van der Waals surface area contributed by atoms with Crippen LogP contribution in [0.4, 0.5) is 10.1 Å². The van der Waals surface area contributed by atoms with Crippen molar-refractivity contribution >= 4 is 5.69 Å². The number of anilines is 1. The van der Waals surface area contributed by atoms with Crippen LogP contribution in [0.1, 0.15) is 11.1 Å². The molecule has 2 aromatic rings. The molecule has 20 heavy (non-hydrogen) atoms. The Hall–Kier alpha value is -1.81. The van der Waals surface area contributed by atoms with Gasteiger partial charge in [0.2, 0.25) is 0 Å². The Morgan fingerprint density at radius 1 is 1.15 bits per heavy atom. The Morgan fingerprint density at radius 3 is 2.65 bits per heavy atom. The summed E-state index contributed by atoms with van der Waals surface area (Å²) in [5.41, 5.74) is 2.96. The summed E-state index contributed by atoms with van der Waals surface area (Å²) in [5.74, 6) is -0.109. The van der Waals surface area contributed by atoms with E-state index in [9.17, 15) is 4.39 Å². The number of nitrogens with zero attached hydrogens (tertiary/aromatic N) is 2. The van der Waals surface area contributed by atoms with Gasteiger partial charge in [-0.25, -0.2) is 4.39 Å². The Kier molecular flexibility index (Phi) is 3.74. The van der Waals surface area contributed by atoms with Crippen molar-refractivity contribution in [3.63, 3.8) is 0 Å².